The van der Waals surface area contributed by atoms with Crippen molar-refractivity contribution in [2.24, 2.45) is 29.1 Å². The molecule has 5 aliphatic rings. The number of esters is 1. The summed E-state index contributed by atoms with van der Waals surface area (Å²) in [6.45, 7) is 12.5. The minimum absolute atomic E-state index is 0.00139. The monoisotopic (exact) mass is 1030 g/mol. The number of aliphatic hydroxyl groups is 2. The summed E-state index contributed by atoms with van der Waals surface area (Å²) < 4.78 is 34.5. The summed E-state index contributed by atoms with van der Waals surface area (Å²) in [6, 6.07) is 3.57. The van der Waals surface area contributed by atoms with E-state index in [1.165, 1.54) is 21.8 Å². The molecule has 2 aromatic heterocycles. The molecule has 1 saturated carbocycles. The highest BCUT2D eigenvalue weighted by Crippen LogP contribution is 2.45. The molecule has 18 nitrogen and oxygen atoms in total. The van der Waals surface area contributed by atoms with Crippen LogP contribution in [0.4, 0.5) is 9.18 Å². The van der Waals surface area contributed by atoms with Gasteiger partial charge in [0.15, 0.2) is 5.67 Å². The molecule has 0 spiro atoms. The van der Waals surface area contributed by atoms with Gasteiger partial charge in [0.05, 0.1) is 47.0 Å². The number of thiazole rings is 1. The number of nitrogens with zero attached hydrogens (tertiary/aromatic N) is 5. The van der Waals surface area contributed by atoms with Gasteiger partial charge in [-0.05, 0) is 85.8 Å². The number of fused-ring (bicyclic) bond motifs is 1. The van der Waals surface area contributed by atoms with Gasteiger partial charge in [-0.25, -0.2) is 14.2 Å². The van der Waals surface area contributed by atoms with Crippen molar-refractivity contribution < 1.29 is 52.8 Å². The third-order valence-electron chi connectivity index (χ3n) is 14.8. The maximum Gasteiger partial charge on any atom is 0.407 e. The van der Waals surface area contributed by atoms with Crippen molar-refractivity contribution in [3.8, 4) is 16.2 Å². The number of hydrogen-bond donors (Lipinski definition) is 5. The van der Waals surface area contributed by atoms with E-state index in [4.69, 9.17) is 14.2 Å². The number of rotatable bonds is 19. The minimum Gasteiger partial charge on any atom is -0.493 e. The Kier molecular flexibility index (Phi) is 16.7. The molecule has 3 aliphatic carbocycles. The summed E-state index contributed by atoms with van der Waals surface area (Å²) in [5.74, 6) is -1.06. The number of likely N-dealkylation sites (tertiary alicyclic amines) is 1. The van der Waals surface area contributed by atoms with Crippen molar-refractivity contribution in [1.29, 1.82) is 0 Å². The Balaban J connectivity index is 0.826. The smallest absolute Gasteiger partial charge is 0.407 e. The average molecular weight is 1030 g/mol. The standard InChI is InChI=1S/C53H71FN8O10S/c1-30-20-33-9-8-31(2)40(13-12-39-23-37(63)25-44(65)71-39)45(33)43(21-30)72-51(69)55-17-7-18-61-27-36(59-60-61)14-19-70-42-22-34(46-32(3)57-29-73-46)10-11-35(42)26-56-48(66)41-24-38(64)28-62(41)49(67)47(52(4,5)6)58-50(68)53(54)15-16-53/h8-11,20,22,27,29-31,37-41,43,45,47,63-64H,7,12-19,21,23-26,28H2,1-6H3,(H,55,69)(H,56,66)(H,58,68)/t30-,31-,37-,38-,39-,40-,41+,43-,45-,47-/m1/s1. The molecule has 2 saturated heterocycles. The SMILES string of the molecule is Cc1ncsc1-c1ccc(CNC(=O)[C@@H]2C[C@@H](O)CN2C(=O)[C@@H](NC(=O)C2(F)CC2)C(C)(C)C)c(OCCc2cn(CCCNC(=O)O[C@@H]3C[C@H](C)C=C4C=C[C@@H](C)[C@@H](CC[C@@H]5C[C@@H](O)CC(=O)O5)[C@@H]43)nn2)c1. The van der Waals surface area contributed by atoms with Crippen LogP contribution in [0, 0.1) is 36.0 Å². The van der Waals surface area contributed by atoms with Gasteiger partial charge in [0.2, 0.25) is 11.8 Å². The number of halogens is 1. The van der Waals surface area contributed by atoms with Crippen LogP contribution in [0.1, 0.15) is 109 Å². The van der Waals surface area contributed by atoms with E-state index < -0.39 is 59.2 Å². The zero-order chi connectivity index (χ0) is 52.2. The van der Waals surface area contributed by atoms with Gasteiger partial charge in [0.25, 0.3) is 5.91 Å². The molecule has 4 heterocycles. The number of hydrogen-bond acceptors (Lipinski definition) is 14. The highest BCUT2D eigenvalue weighted by molar-refractivity contribution is 7.13. The van der Waals surface area contributed by atoms with Gasteiger partial charge in [0.1, 0.15) is 30.0 Å². The molecular weight excluding hydrogens is 960 g/mol. The number of ether oxygens (including phenoxy) is 3. The van der Waals surface area contributed by atoms with Crippen LogP contribution < -0.4 is 20.7 Å². The molecule has 3 fully saturated rings. The van der Waals surface area contributed by atoms with Gasteiger partial charge in [-0.15, -0.1) is 16.4 Å². The second-order valence-electron chi connectivity index (χ2n) is 21.8. The number of β-amino-alcohol motifs (C(OH)–C–C–N with tert-alkyl or cyclic N) is 1. The number of nitrogens with one attached hydrogen (secondary N) is 3. The number of aliphatic hydroxyl groups excluding tert-OH is 2. The van der Waals surface area contributed by atoms with Crippen molar-refractivity contribution in [3.05, 3.63) is 70.7 Å². The molecule has 396 valence electrons. The van der Waals surface area contributed by atoms with Crippen LogP contribution >= 0.6 is 11.3 Å². The van der Waals surface area contributed by atoms with Crippen LogP contribution in [0.15, 0.2) is 53.7 Å². The minimum atomic E-state index is -1.99. The molecule has 3 aromatic rings. The molecule has 5 N–H and O–H groups in total. The average Bonchev–Trinajstić information content (AvgIpc) is 3.60. The third-order valence-corrected chi connectivity index (χ3v) is 15.8. The van der Waals surface area contributed by atoms with E-state index in [0.29, 0.717) is 62.2 Å². The Hall–Kier alpha value is -5.73. The summed E-state index contributed by atoms with van der Waals surface area (Å²) in [6.07, 6.45) is 9.50. The van der Waals surface area contributed by atoms with Crippen molar-refractivity contribution in [3.63, 3.8) is 0 Å². The zero-order valence-corrected chi connectivity index (χ0v) is 43.5. The first-order valence-corrected chi connectivity index (χ1v) is 26.7. The van der Waals surface area contributed by atoms with E-state index in [1.807, 2.05) is 31.3 Å². The number of alkyl halides is 1. The van der Waals surface area contributed by atoms with E-state index in [1.54, 1.807) is 31.0 Å². The molecule has 0 bridgehead atoms. The van der Waals surface area contributed by atoms with Crippen LogP contribution in [0.25, 0.3) is 10.4 Å². The Morgan fingerprint density at radius 2 is 1.86 bits per heavy atom. The number of cyclic esters (lactones) is 1. The van der Waals surface area contributed by atoms with E-state index in [9.17, 15) is 38.6 Å². The molecule has 0 radical (unpaired) electrons. The molecular formula is C53H71FN8O10S. The van der Waals surface area contributed by atoms with Crippen molar-refractivity contribution in [2.45, 2.75) is 161 Å². The summed E-state index contributed by atoms with van der Waals surface area (Å²) >= 11 is 1.50. The summed E-state index contributed by atoms with van der Waals surface area (Å²) in [5.41, 5.74) is 3.28. The molecule has 10 atom stereocenters. The van der Waals surface area contributed by atoms with Crippen LogP contribution in [0.3, 0.4) is 0 Å². The lowest BCUT2D eigenvalue weighted by Crippen LogP contribution is -2.59. The summed E-state index contributed by atoms with van der Waals surface area (Å²) in [7, 11) is 0. The molecule has 8 rings (SSSR count). The number of aryl methyl sites for hydroxylation is 2. The quantitative estimate of drug-likeness (QED) is 0.0719. The van der Waals surface area contributed by atoms with Gasteiger partial charge in [-0.3, -0.25) is 23.9 Å². The first kappa shape index (κ1) is 53.6. The van der Waals surface area contributed by atoms with Crippen molar-refractivity contribution >= 4 is 41.1 Å². The number of aromatic nitrogens is 4. The molecule has 20 heteroatoms. The molecule has 2 aliphatic heterocycles. The Bertz CT molecular complexity index is 2550. The number of amides is 4. The van der Waals surface area contributed by atoms with Crippen LogP contribution in [-0.4, -0.2) is 127 Å². The maximum atomic E-state index is 14.7. The molecule has 0 unspecified atom stereocenters. The fraction of sp³-hybridized carbons (Fsp3) is 0.623. The van der Waals surface area contributed by atoms with Crippen molar-refractivity contribution in [2.75, 3.05) is 19.7 Å². The normalized spacial score (nSPS) is 26.8. The Labute approximate surface area is 429 Å². The number of carbonyl (C=O) groups is 5. The Morgan fingerprint density at radius 1 is 1.07 bits per heavy atom. The van der Waals surface area contributed by atoms with Gasteiger partial charge in [-0.1, -0.05) is 70.2 Å². The third kappa shape index (κ3) is 13.3. The first-order chi connectivity index (χ1) is 34.7. The summed E-state index contributed by atoms with van der Waals surface area (Å²) in [4.78, 5) is 72.5. The van der Waals surface area contributed by atoms with E-state index >= 15 is 0 Å². The highest BCUT2D eigenvalue weighted by atomic mass is 32.1. The predicted molar refractivity (Wildman–Crippen MR) is 268 cm³/mol. The van der Waals surface area contributed by atoms with Crippen LogP contribution in [-0.2, 0) is 48.2 Å². The maximum absolute atomic E-state index is 14.7. The van der Waals surface area contributed by atoms with E-state index in [0.717, 1.165) is 22.6 Å². The van der Waals surface area contributed by atoms with Crippen LogP contribution in [0.5, 0.6) is 5.75 Å². The lowest BCUT2D eigenvalue weighted by atomic mass is 9.65. The summed E-state index contributed by atoms with van der Waals surface area (Å²) in [5, 5.41) is 37.9. The van der Waals surface area contributed by atoms with Gasteiger partial charge in [0, 0.05) is 63.1 Å². The largest absolute Gasteiger partial charge is 0.493 e. The molecule has 73 heavy (non-hydrogen) atoms. The van der Waals surface area contributed by atoms with Gasteiger partial charge in [-0.2, -0.15) is 0 Å². The molecule has 1 aromatic carbocycles. The van der Waals surface area contributed by atoms with Crippen molar-refractivity contribution in [1.82, 2.24) is 40.8 Å². The second kappa shape index (κ2) is 22.8. The van der Waals surface area contributed by atoms with E-state index in [-0.39, 0.29) is 87.2 Å². The van der Waals surface area contributed by atoms with Gasteiger partial charge < -0.3 is 45.3 Å². The fourth-order valence-corrected chi connectivity index (χ4v) is 11.5. The number of allylic oxidation sites excluding steroid dienone is 3. The zero-order valence-electron chi connectivity index (χ0n) is 42.7. The number of carbonyl (C=O) groups excluding carboxylic acids is 5. The lowest BCUT2D eigenvalue weighted by molar-refractivity contribution is -0.160. The second-order valence-corrected chi connectivity index (χ2v) is 22.7. The van der Waals surface area contributed by atoms with E-state index in [2.05, 4.69) is 63.3 Å². The van der Waals surface area contributed by atoms with Crippen LogP contribution in [0.2, 0.25) is 0 Å². The highest BCUT2D eigenvalue weighted by Gasteiger charge is 2.53. The fourth-order valence-electron chi connectivity index (χ4n) is 10.6. The topological polar surface area (TPSA) is 236 Å². The predicted octanol–water partition coefficient (Wildman–Crippen LogP) is 5.68. The first-order valence-electron chi connectivity index (χ1n) is 25.8. The lowest BCUT2D eigenvalue weighted by Gasteiger charge is -2.43. The number of benzene rings is 1. The Morgan fingerprint density at radius 3 is 2.59 bits per heavy atom. The number of alkyl carbamates (subject to hydrolysis) is 1. The van der Waals surface area contributed by atoms with Gasteiger partial charge >= 0.3 is 12.1 Å². The molecule has 4 amide bonds.